The van der Waals surface area contributed by atoms with E-state index >= 15 is 0 Å². The minimum atomic E-state index is -1.17. The monoisotopic (exact) mass is 233 g/mol. The third-order valence-electron chi connectivity index (χ3n) is 1.69. The molecule has 6 heteroatoms. The summed E-state index contributed by atoms with van der Waals surface area (Å²) in [5.74, 6) is -1.67. The van der Waals surface area contributed by atoms with Gasteiger partial charge in [0, 0.05) is 13.0 Å². The van der Waals surface area contributed by atoms with E-state index in [0.29, 0.717) is 0 Å². The summed E-state index contributed by atoms with van der Waals surface area (Å²) in [7, 11) is 0. The minimum Gasteiger partial charge on any atom is -0.480 e. The second kappa shape index (κ2) is 6.44. The lowest BCUT2D eigenvalue weighted by Crippen LogP contribution is -2.43. The molecule has 1 amide bonds. The number of carbonyl (C=O) groups is 2. The SMILES string of the molecule is CC(C)(C)OCC(=O)N[C@H](CCO)C(=O)O. The molecule has 0 radical (unpaired) electrons. The van der Waals surface area contributed by atoms with Gasteiger partial charge in [-0.3, -0.25) is 4.79 Å². The molecule has 0 aliphatic carbocycles. The summed E-state index contributed by atoms with van der Waals surface area (Å²) in [6.07, 6.45) is -0.0173. The zero-order valence-corrected chi connectivity index (χ0v) is 9.82. The van der Waals surface area contributed by atoms with Crippen LogP contribution in [0.15, 0.2) is 0 Å². The molecular weight excluding hydrogens is 214 g/mol. The van der Waals surface area contributed by atoms with Crippen LogP contribution >= 0.6 is 0 Å². The lowest BCUT2D eigenvalue weighted by molar-refractivity contribution is -0.144. The van der Waals surface area contributed by atoms with Gasteiger partial charge >= 0.3 is 5.97 Å². The molecule has 0 aromatic heterocycles. The maximum atomic E-state index is 11.3. The molecule has 0 saturated heterocycles. The first-order valence-corrected chi connectivity index (χ1v) is 5.03. The number of nitrogens with one attached hydrogen (secondary N) is 1. The number of carbonyl (C=O) groups excluding carboxylic acids is 1. The summed E-state index contributed by atoms with van der Waals surface area (Å²) in [4.78, 5) is 22.0. The Morgan fingerprint density at radius 3 is 2.31 bits per heavy atom. The highest BCUT2D eigenvalue weighted by Crippen LogP contribution is 2.05. The van der Waals surface area contributed by atoms with Gasteiger partial charge in [0.2, 0.25) is 5.91 Å². The predicted molar refractivity (Wildman–Crippen MR) is 57.0 cm³/mol. The Hall–Kier alpha value is -1.14. The Kier molecular flexibility index (Phi) is 5.98. The number of hydrogen-bond donors (Lipinski definition) is 3. The van der Waals surface area contributed by atoms with E-state index in [2.05, 4.69) is 5.32 Å². The molecule has 0 rings (SSSR count). The summed E-state index contributed by atoms with van der Waals surface area (Å²) >= 11 is 0. The minimum absolute atomic E-state index is 0.0173. The third kappa shape index (κ3) is 7.19. The summed E-state index contributed by atoms with van der Waals surface area (Å²) in [5, 5.41) is 19.6. The number of aliphatic hydroxyl groups excluding tert-OH is 1. The van der Waals surface area contributed by atoms with Crippen molar-refractivity contribution in [2.24, 2.45) is 0 Å². The van der Waals surface area contributed by atoms with E-state index < -0.39 is 23.5 Å². The van der Waals surface area contributed by atoms with Crippen molar-refractivity contribution < 1.29 is 24.5 Å². The second-order valence-corrected chi connectivity index (χ2v) is 4.37. The molecule has 0 aromatic rings. The molecule has 0 aliphatic heterocycles. The van der Waals surface area contributed by atoms with E-state index in [1.54, 1.807) is 20.8 Å². The molecular formula is C10H19NO5. The molecule has 0 heterocycles. The van der Waals surface area contributed by atoms with Crippen molar-refractivity contribution in [3.8, 4) is 0 Å². The fourth-order valence-electron chi connectivity index (χ4n) is 0.905. The highest BCUT2D eigenvalue weighted by Gasteiger charge is 2.20. The number of ether oxygens (including phenoxy) is 1. The number of carboxylic acid groups (broad SMARTS) is 1. The molecule has 3 N–H and O–H groups in total. The fourth-order valence-corrected chi connectivity index (χ4v) is 0.905. The van der Waals surface area contributed by atoms with Crippen molar-refractivity contribution in [3.05, 3.63) is 0 Å². The Labute approximate surface area is 94.6 Å². The average molecular weight is 233 g/mol. The highest BCUT2D eigenvalue weighted by atomic mass is 16.5. The number of aliphatic hydroxyl groups is 1. The van der Waals surface area contributed by atoms with Crippen LogP contribution in [0, 0.1) is 0 Å². The normalized spacial score (nSPS) is 13.2. The molecule has 94 valence electrons. The maximum Gasteiger partial charge on any atom is 0.326 e. The molecule has 0 fully saturated rings. The van der Waals surface area contributed by atoms with Crippen LogP contribution in [0.1, 0.15) is 27.2 Å². The summed E-state index contributed by atoms with van der Waals surface area (Å²) in [6.45, 7) is 4.89. The van der Waals surface area contributed by atoms with E-state index in [1.165, 1.54) is 0 Å². The van der Waals surface area contributed by atoms with Gasteiger partial charge in [-0.15, -0.1) is 0 Å². The molecule has 0 aliphatic rings. The van der Waals surface area contributed by atoms with Gasteiger partial charge in [-0.05, 0) is 20.8 Å². The van der Waals surface area contributed by atoms with Crippen LogP contribution in [-0.4, -0.2) is 46.9 Å². The predicted octanol–water partition coefficient (Wildman–Crippen LogP) is -0.247. The summed E-state index contributed by atoms with van der Waals surface area (Å²) < 4.78 is 5.18. The summed E-state index contributed by atoms with van der Waals surface area (Å²) in [5.41, 5.74) is -0.451. The van der Waals surface area contributed by atoms with E-state index in [9.17, 15) is 9.59 Å². The molecule has 0 aromatic carbocycles. The smallest absolute Gasteiger partial charge is 0.326 e. The quantitative estimate of drug-likeness (QED) is 0.588. The molecule has 0 unspecified atom stereocenters. The van der Waals surface area contributed by atoms with Gasteiger partial charge in [-0.1, -0.05) is 0 Å². The first-order valence-electron chi connectivity index (χ1n) is 5.03. The summed E-state index contributed by atoms with van der Waals surface area (Å²) in [6, 6.07) is -1.07. The van der Waals surface area contributed by atoms with Crippen molar-refractivity contribution in [2.45, 2.75) is 38.8 Å². The van der Waals surface area contributed by atoms with E-state index in [0.717, 1.165) is 0 Å². The van der Waals surface area contributed by atoms with Crippen molar-refractivity contribution in [1.82, 2.24) is 5.32 Å². The lowest BCUT2D eigenvalue weighted by atomic mass is 10.2. The van der Waals surface area contributed by atoms with Crippen molar-refractivity contribution >= 4 is 11.9 Å². The number of hydrogen-bond acceptors (Lipinski definition) is 4. The number of aliphatic carboxylic acids is 1. The largest absolute Gasteiger partial charge is 0.480 e. The molecule has 0 saturated carbocycles. The fraction of sp³-hybridized carbons (Fsp3) is 0.800. The van der Waals surface area contributed by atoms with Gasteiger partial charge in [-0.2, -0.15) is 0 Å². The Morgan fingerprint density at radius 2 is 1.94 bits per heavy atom. The molecule has 6 nitrogen and oxygen atoms in total. The Bertz CT molecular complexity index is 246. The number of rotatable bonds is 6. The van der Waals surface area contributed by atoms with Gasteiger partial charge in [0.25, 0.3) is 0 Å². The number of carboxylic acids is 1. The van der Waals surface area contributed by atoms with Crippen LogP contribution in [0.4, 0.5) is 0 Å². The van der Waals surface area contributed by atoms with Crippen molar-refractivity contribution in [3.63, 3.8) is 0 Å². The van der Waals surface area contributed by atoms with Gasteiger partial charge in [-0.25, -0.2) is 4.79 Å². The van der Waals surface area contributed by atoms with E-state index in [1.807, 2.05) is 0 Å². The van der Waals surface area contributed by atoms with Crippen LogP contribution in [0.3, 0.4) is 0 Å². The topological polar surface area (TPSA) is 95.9 Å². The average Bonchev–Trinajstić information content (AvgIpc) is 2.13. The maximum absolute atomic E-state index is 11.3. The van der Waals surface area contributed by atoms with Crippen LogP contribution in [-0.2, 0) is 14.3 Å². The second-order valence-electron chi connectivity index (χ2n) is 4.37. The molecule has 1 atom stereocenters. The van der Waals surface area contributed by atoms with Gasteiger partial charge < -0.3 is 20.3 Å². The van der Waals surface area contributed by atoms with E-state index in [-0.39, 0.29) is 19.6 Å². The van der Waals surface area contributed by atoms with Gasteiger partial charge in [0.15, 0.2) is 0 Å². The zero-order chi connectivity index (χ0) is 12.8. The van der Waals surface area contributed by atoms with Crippen LogP contribution in [0.2, 0.25) is 0 Å². The zero-order valence-electron chi connectivity index (χ0n) is 9.82. The Balaban J connectivity index is 4.05. The van der Waals surface area contributed by atoms with Crippen LogP contribution < -0.4 is 5.32 Å². The first-order chi connectivity index (χ1) is 7.26. The first kappa shape index (κ1) is 14.9. The molecule has 0 bridgehead atoms. The highest BCUT2D eigenvalue weighted by molar-refractivity contribution is 5.84. The van der Waals surface area contributed by atoms with Gasteiger partial charge in [0.1, 0.15) is 12.6 Å². The lowest BCUT2D eigenvalue weighted by Gasteiger charge is -2.20. The molecule has 16 heavy (non-hydrogen) atoms. The Morgan fingerprint density at radius 1 is 1.38 bits per heavy atom. The number of amides is 1. The third-order valence-corrected chi connectivity index (χ3v) is 1.69. The van der Waals surface area contributed by atoms with Crippen LogP contribution in [0.5, 0.6) is 0 Å². The van der Waals surface area contributed by atoms with Crippen LogP contribution in [0.25, 0.3) is 0 Å². The van der Waals surface area contributed by atoms with Gasteiger partial charge in [0.05, 0.1) is 5.60 Å². The molecule has 0 spiro atoms. The standard InChI is InChI=1S/C10H19NO5/c1-10(2,3)16-6-8(13)11-7(4-5-12)9(14)15/h7,12H,4-6H2,1-3H3,(H,11,13)(H,14,15)/t7-/m1/s1. The van der Waals surface area contributed by atoms with E-state index in [4.69, 9.17) is 14.9 Å². The van der Waals surface area contributed by atoms with Crippen molar-refractivity contribution in [1.29, 1.82) is 0 Å². The van der Waals surface area contributed by atoms with Crippen molar-refractivity contribution in [2.75, 3.05) is 13.2 Å².